The maximum absolute atomic E-state index is 13.0. The Labute approximate surface area is 156 Å². The molecule has 1 N–H and O–H groups in total. The number of nitrogens with zero attached hydrogens (tertiary/aromatic N) is 1. The fraction of sp³-hybridized carbons (Fsp3) is 0.200. The summed E-state index contributed by atoms with van der Waals surface area (Å²) < 4.78 is 5.78. The molecule has 1 heterocycles. The molecule has 1 unspecified atom stereocenters. The lowest BCUT2D eigenvalue weighted by atomic mass is 10.1. The lowest BCUT2D eigenvalue weighted by Gasteiger charge is -2.34. The molecule has 2 aromatic rings. The molecule has 0 saturated carbocycles. The van der Waals surface area contributed by atoms with Gasteiger partial charge in [0.05, 0.1) is 5.69 Å². The number of carbonyl (C=O) groups is 2. The molecule has 134 valence electrons. The summed E-state index contributed by atoms with van der Waals surface area (Å²) in [6.07, 6.45) is 1.87. The van der Waals surface area contributed by atoms with Gasteiger partial charge in [0.15, 0.2) is 11.5 Å². The van der Waals surface area contributed by atoms with Crippen molar-refractivity contribution in [2.24, 2.45) is 0 Å². The standard InChI is InChI=1S/C20H18ClNO4/c1-3-15(20(24)25)22-16-10-12(2)4-9-17(16)26-18(19(22)23)11-13-5-7-14(21)8-6-13/h4-11,15H,3H2,1-2H3,(H,24,25)/b18-11+. The molecule has 0 fully saturated rings. The van der Waals surface area contributed by atoms with Crippen molar-refractivity contribution in [1.82, 2.24) is 0 Å². The number of carbonyl (C=O) groups excluding carboxylic acids is 1. The minimum atomic E-state index is -1.05. The fourth-order valence-electron chi connectivity index (χ4n) is 2.87. The minimum Gasteiger partial charge on any atom is -0.480 e. The number of rotatable bonds is 4. The summed E-state index contributed by atoms with van der Waals surface area (Å²) in [7, 11) is 0. The normalized spacial score (nSPS) is 16.2. The Morgan fingerprint density at radius 2 is 1.96 bits per heavy atom. The molecular formula is C20H18ClNO4. The van der Waals surface area contributed by atoms with Gasteiger partial charge < -0.3 is 9.84 Å². The van der Waals surface area contributed by atoms with Crippen LogP contribution in [0.4, 0.5) is 5.69 Å². The van der Waals surface area contributed by atoms with Crippen LogP contribution in [0.3, 0.4) is 0 Å². The first kappa shape index (κ1) is 18.0. The summed E-state index contributed by atoms with van der Waals surface area (Å²) in [5, 5.41) is 10.2. The number of aryl methyl sites for hydroxylation is 1. The Hall–Kier alpha value is -2.79. The van der Waals surface area contributed by atoms with Gasteiger partial charge in [-0.3, -0.25) is 9.69 Å². The molecule has 26 heavy (non-hydrogen) atoms. The van der Waals surface area contributed by atoms with Crippen LogP contribution in [0.5, 0.6) is 5.75 Å². The van der Waals surface area contributed by atoms with Crippen LogP contribution in [0.25, 0.3) is 6.08 Å². The first-order valence-corrected chi connectivity index (χ1v) is 8.60. The highest BCUT2D eigenvalue weighted by atomic mass is 35.5. The van der Waals surface area contributed by atoms with E-state index in [-0.39, 0.29) is 12.2 Å². The van der Waals surface area contributed by atoms with Gasteiger partial charge in [-0.2, -0.15) is 0 Å². The Morgan fingerprint density at radius 1 is 1.27 bits per heavy atom. The SMILES string of the molecule is CCC(C(=O)O)N1C(=O)/C(=C\c2ccc(Cl)cc2)Oc2ccc(C)cc21. The predicted octanol–water partition coefficient (Wildman–Crippen LogP) is 4.28. The van der Waals surface area contributed by atoms with Gasteiger partial charge in [-0.05, 0) is 54.8 Å². The lowest BCUT2D eigenvalue weighted by molar-refractivity contribution is -0.140. The van der Waals surface area contributed by atoms with Crippen LogP contribution < -0.4 is 9.64 Å². The van der Waals surface area contributed by atoms with E-state index < -0.39 is 17.9 Å². The van der Waals surface area contributed by atoms with E-state index in [1.54, 1.807) is 49.4 Å². The van der Waals surface area contributed by atoms with Crippen LogP contribution in [-0.4, -0.2) is 23.0 Å². The van der Waals surface area contributed by atoms with Gasteiger partial charge in [-0.1, -0.05) is 36.7 Å². The van der Waals surface area contributed by atoms with Gasteiger partial charge in [0.25, 0.3) is 5.91 Å². The highest BCUT2D eigenvalue weighted by Gasteiger charge is 2.37. The molecule has 6 heteroatoms. The number of hydrogen-bond donors (Lipinski definition) is 1. The smallest absolute Gasteiger partial charge is 0.326 e. The van der Waals surface area contributed by atoms with Gasteiger partial charge in [-0.15, -0.1) is 0 Å². The highest BCUT2D eigenvalue weighted by Crippen LogP contribution is 2.38. The summed E-state index contributed by atoms with van der Waals surface area (Å²) in [5.41, 5.74) is 2.12. The van der Waals surface area contributed by atoms with Crippen molar-refractivity contribution >= 4 is 35.2 Å². The van der Waals surface area contributed by atoms with Crippen molar-refractivity contribution in [1.29, 1.82) is 0 Å². The molecule has 3 rings (SSSR count). The van der Waals surface area contributed by atoms with Gasteiger partial charge in [0.2, 0.25) is 0 Å². The maximum atomic E-state index is 13.0. The molecule has 0 aromatic heterocycles. The van der Waals surface area contributed by atoms with Crippen LogP contribution in [0, 0.1) is 6.92 Å². The van der Waals surface area contributed by atoms with Gasteiger partial charge in [0.1, 0.15) is 6.04 Å². The van der Waals surface area contributed by atoms with Crippen molar-refractivity contribution in [3.05, 3.63) is 64.4 Å². The molecule has 5 nitrogen and oxygen atoms in total. The molecule has 1 aliphatic heterocycles. The van der Waals surface area contributed by atoms with Crippen molar-refractivity contribution in [3.8, 4) is 5.75 Å². The van der Waals surface area contributed by atoms with Gasteiger partial charge in [0, 0.05) is 5.02 Å². The molecule has 1 aliphatic rings. The number of ether oxygens (including phenoxy) is 1. The second-order valence-electron chi connectivity index (χ2n) is 6.07. The average Bonchev–Trinajstić information content (AvgIpc) is 2.60. The first-order chi connectivity index (χ1) is 12.4. The van der Waals surface area contributed by atoms with E-state index >= 15 is 0 Å². The van der Waals surface area contributed by atoms with Crippen molar-refractivity contribution in [2.45, 2.75) is 26.3 Å². The number of halogens is 1. The van der Waals surface area contributed by atoms with E-state index in [1.807, 2.05) is 13.0 Å². The number of carboxylic acid groups (broad SMARTS) is 1. The Balaban J connectivity index is 2.10. The first-order valence-electron chi connectivity index (χ1n) is 8.23. The van der Waals surface area contributed by atoms with Gasteiger partial charge >= 0.3 is 5.97 Å². The van der Waals surface area contributed by atoms with Crippen LogP contribution in [0.1, 0.15) is 24.5 Å². The Kier molecular flexibility index (Phi) is 5.00. The molecule has 0 aliphatic carbocycles. The molecular weight excluding hydrogens is 354 g/mol. The third-order valence-corrected chi connectivity index (χ3v) is 4.43. The summed E-state index contributed by atoms with van der Waals surface area (Å²) in [6.45, 7) is 3.61. The number of hydrogen-bond acceptors (Lipinski definition) is 3. The zero-order chi connectivity index (χ0) is 18.8. The second kappa shape index (κ2) is 7.22. The van der Waals surface area contributed by atoms with Crippen molar-refractivity contribution in [3.63, 3.8) is 0 Å². The number of fused-ring (bicyclic) bond motifs is 1. The fourth-order valence-corrected chi connectivity index (χ4v) is 3.00. The predicted molar refractivity (Wildman–Crippen MR) is 100 cm³/mol. The van der Waals surface area contributed by atoms with E-state index in [1.165, 1.54) is 4.90 Å². The average molecular weight is 372 g/mol. The van der Waals surface area contributed by atoms with Gasteiger partial charge in [-0.25, -0.2) is 4.79 Å². The van der Waals surface area contributed by atoms with E-state index in [2.05, 4.69) is 0 Å². The van der Waals surface area contributed by atoms with E-state index in [9.17, 15) is 14.7 Å². The second-order valence-corrected chi connectivity index (χ2v) is 6.51. The maximum Gasteiger partial charge on any atom is 0.326 e. The zero-order valence-corrected chi connectivity index (χ0v) is 15.2. The van der Waals surface area contributed by atoms with E-state index in [0.29, 0.717) is 16.5 Å². The van der Waals surface area contributed by atoms with E-state index in [4.69, 9.17) is 16.3 Å². The number of benzene rings is 2. The minimum absolute atomic E-state index is 0.0726. The molecule has 1 amide bonds. The topological polar surface area (TPSA) is 66.8 Å². The summed E-state index contributed by atoms with van der Waals surface area (Å²) >= 11 is 5.89. The Morgan fingerprint density at radius 3 is 2.58 bits per heavy atom. The quantitative estimate of drug-likeness (QED) is 0.814. The van der Waals surface area contributed by atoms with Crippen molar-refractivity contribution < 1.29 is 19.4 Å². The lowest BCUT2D eigenvalue weighted by Crippen LogP contribution is -2.48. The molecule has 0 radical (unpaired) electrons. The largest absolute Gasteiger partial charge is 0.480 e. The number of anilines is 1. The van der Waals surface area contributed by atoms with E-state index in [0.717, 1.165) is 11.1 Å². The highest BCUT2D eigenvalue weighted by molar-refractivity contribution is 6.30. The van der Waals surface area contributed by atoms with Crippen molar-refractivity contribution in [2.75, 3.05) is 4.90 Å². The van der Waals surface area contributed by atoms with Crippen LogP contribution in [-0.2, 0) is 9.59 Å². The summed E-state index contributed by atoms with van der Waals surface area (Å²) in [5.74, 6) is -1.01. The number of amides is 1. The monoisotopic (exact) mass is 371 g/mol. The van der Waals surface area contributed by atoms with Crippen LogP contribution in [0.15, 0.2) is 48.2 Å². The summed E-state index contributed by atoms with van der Waals surface area (Å²) in [6, 6.07) is 11.3. The van der Waals surface area contributed by atoms with Crippen LogP contribution >= 0.6 is 11.6 Å². The summed E-state index contributed by atoms with van der Waals surface area (Å²) in [4.78, 5) is 26.0. The number of carboxylic acids is 1. The molecule has 0 saturated heterocycles. The third-order valence-electron chi connectivity index (χ3n) is 4.17. The number of aliphatic carboxylic acids is 1. The molecule has 2 aromatic carbocycles. The third kappa shape index (κ3) is 3.44. The Bertz CT molecular complexity index is 889. The molecule has 0 spiro atoms. The molecule has 1 atom stereocenters. The van der Waals surface area contributed by atoms with Crippen LogP contribution in [0.2, 0.25) is 5.02 Å². The molecule has 0 bridgehead atoms. The zero-order valence-electron chi connectivity index (χ0n) is 14.4.